The molecule has 2 heterocycles. The summed E-state index contributed by atoms with van der Waals surface area (Å²) < 4.78 is 0.0983. The highest BCUT2D eigenvalue weighted by atomic mass is 32.1. The summed E-state index contributed by atoms with van der Waals surface area (Å²) in [6.45, 7) is 1.82. The molecule has 60 valence electrons. The normalized spacial score (nSPS) is 10.4. The van der Waals surface area contributed by atoms with E-state index in [2.05, 4.69) is 4.98 Å². The third-order valence-electron chi connectivity index (χ3n) is 1.68. The van der Waals surface area contributed by atoms with Crippen LogP contribution >= 0.6 is 11.3 Å². The van der Waals surface area contributed by atoms with Gasteiger partial charge in [-0.3, -0.25) is 4.79 Å². The van der Waals surface area contributed by atoms with Crippen LogP contribution < -0.4 is 4.74 Å². The first-order valence-electron chi connectivity index (χ1n) is 3.63. The highest BCUT2D eigenvalue weighted by Gasteiger charge is 1.98. The van der Waals surface area contributed by atoms with Crippen LogP contribution in [0.5, 0.6) is 0 Å². The Labute approximate surface area is 73.5 Å². The zero-order valence-corrected chi connectivity index (χ0v) is 7.39. The number of aryl methyl sites for hydroxylation is 1. The number of rotatable bonds is 0. The molecule has 0 bridgehead atoms. The van der Waals surface area contributed by atoms with E-state index in [-0.39, 0.29) is 4.74 Å². The van der Waals surface area contributed by atoms with E-state index in [0.717, 1.165) is 15.8 Å². The minimum atomic E-state index is 0.0983. The molecule has 0 aliphatic carbocycles. The van der Waals surface area contributed by atoms with Crippen LogP contribution in [0.15, 0.2) is 29.2 Å². The van der Waals surface area contributed by atoms with Gasteiger partial charge in [0, 0.05) is 17.1 Å². The Morgan fingerprint density at radius 1 is 1.50 bits per heavy atom. The first kappa shape index (κ1) is 7.43. The quantitative estimate of drug-likeness (QED) is 0.615. The Morgan fingerprint density at radius 3 is 3.17 bits per heavy atom. The maximum Gasteiger partial charge on any atom is 0.237 e. The maximum atomic E-state index is 11.2. The van der Waals surface area contributed by atoms with Gasteiger partial charge in [-0.25, -0.2) is 4.98 Å². The zero-order chi connectivity index (χ0) is 8.55. The number of pyridine rings is 1. The van der Waals surface area contributed by atoms with Crippen LogP contribution in [-0.4, -0.2) is 4.98 Å². The molecule has 2 aromatic rings. The van der Waals surface area contributed by atoms with Crippen molar-refractivity contribution in [1.29, 1.82) is 0 Å². The Balaban J connectivity index is 2.93. The number of hydrogen-bond acceptors (Lipinski definition) is 3. The van der Waals surface area contributed by atoms with Gasteiger partial charge in [0.05, 0.1) is 0 Å². The van der Waals surface area contributed by atoms with E-state index in [1.165, 1.54) is 11.3 Å². The van der Waals surface area contributed by atoms with Crippen LogP contribution in [-0.2, 0) is 0 Å². The summed E-state index contributed by atoms with van der Waals surface area (Å²) in [4.78, 5) is 16.1. The second-order valence-electron chi connectivity index (χ2n) is 2.61. The van der Waals surface area contributed by atoms with Gasteiger partial charge in [0.2, 0.25) is 4.74 Å². The van der Waals surface area contributed by atoms with Crippen molar-refractivity contribution in [2.75, 3.05) is 0 Å². The summed E-state index contributed by atoms with van der Waals surface area (Å²) in [5.74, 6) is 0. The summed E-state index contributed by atoms with van der Waals surface area (Å²) in [6, 6.07) is 5.71. The Morgan fingerprint density at radius 2 is 2.33 bits per heavy atom. The smallest absolute Gasteiger partial charge is 0.237 e. The van der Waals surface area contributed by atoms with Crippen LogP contribution in [0, 0.1) is 6.92 Å². The fourth-order valence-corrected chi connectivity index (χ4v) is 1.81. The van der Waals surface area contributed by atoms with Gasteiger partial charge in [0.1, 0.15) is 4.83 Å². The van der Waals surface area contributed by atoms with E-state index >= 15 is 0 Å². The Hall–Kier alpha value is -1.22. The molecule has 0 radical (unpaired) electrons. The second-order valence-corrected chi connectivity index (χ2v) is 3.58. The molecule has 0 aliphatic heterocycles. The van der Waals surface area contributed by atoms with Gasteiger partial charge >= 0.3 is 0 Å². The SMILES string of the molecule is Cc1cc2cccnc2sc1=O. The standard InChI is InChI=1S/C9H7NOS/c1-6-5-7-3-2-4-10-8(7)12-9(6)11/h2-5H,1H3. The van der Waals surface area contributed by atoms with Crippen molar-refractivity contribution in [3.05, 3.63) is 39.5 Å². The molecule has 0 unspecified atom stereocenters. The van der Waals surface area contributed by atoms with E-state index in [4.69, 9.17) is 0 Å². The van der Waals surface area contributed by atoms with Crippen LogP contribution in [0.25, 0.3) is 10.2 Å². The topological polar surface area (TPSA) is 30.0 Å². The minimum Gasteiger partial charge on any atom is -0.277 e. The Bertz CT molecular complexity index is 475. The van der Waals surface area contributed by atoms with Gasteiger partial charge in [-0.15, -0.1) is 0 Å². The maximum absolute atomic E-state index is 11.2. The van der Waals surface area contributed by atoms with Crippen LogP contribution in [0.2, 0.25) is 0 Å². The van der Waals surface area contributed by atoms with E-state index in [1.54, 1.807) is 6.20 Å². The molecule has 0 spiro atoms. The third kappa shape index (κ3) is 1.12. The van der Waals surface area contributed by atoms with E-state index in [9.17, 15) is 4.79 Å². The lowest BCUT2D eigenvalue weighted by molar-refractivity contribution is 1.42. The fraction of sp³-hybridized carbons (Fsp3) is 0.111. The molecule has 0 saturated carbocycles. The first-order chi connectivity index (χ1) is 5.77. The summed E-state index contributed by atoms with van der Waals surface area (Å²) in [7, 11) is 0. The van der Waals surface area contributed by atoms with Crippen LogP contribution in [0.3, 0.4) is 0 Å². The van der Waals surface area contributed by atoms with Crippen LogP contribution in [0.4, 0.5) is 0 Å². The number of aromatic nitrogens is 1. The molecule has 3 heteroatoms. The largest absolute Gasteiger partial charge is 0.277 e. The van der Waals surface area contributed by atoms with Gasteiger partial charge in [-0.2, -0.15) is 0 Å². The van der Waals surface area contributed by atoms with Gasteiger partial charge in [0.15, 0.2) is 0 Å². The number of nitrogens with zero attached hydrogens (tertiary/aromatic N) is 1. The van der Waals surface area contributed by atoms with Crippen molar-refractivity contribution in [3.8, 4) is 0 Å². The lowest BCUT2D eigenvalue weighted by Gasteiger charge is -1.94. The Kier molecular flexibility index (Phi) is 1.66. The van der Waals surface area contributed by atoms with Gasteiger partial charge < -0.3 is 0 Å². The molecule has 2 aromatic heterocycles. The molecular weight excluding hydrogens is 170 g/mol. The molecule has 0 saturated heterocycles. The molecule has 12 heavy (non-hydrogen) atoms. The molecule has 0 aromatic carbocycles. The van der Waals surface area contributed by atoms with Crippen LogP contribution in [0.1, 0.15) is 5.56 Å². The zero-order valence-electron chi connectivity index (χ0n) is 6.57. The van der Waals surface area contributed by atoms with Crippen molar-refractivity contribution >= 4 is 21.6 Å². The average Bonchev–Trinajstić information content (AvgIpc) is 2.07. The van der Waals surface area contributed by atoms with E-state index < -0.39 is 0 Å². The molecule has 0 N–H and O–H groups in total. The molecule has 0 aliphatic rings. The highest BCUT2D eigenvalue weighted by molar-refractivity contribution is 7.15. The van der Waals surface area contributed by atoms with Gasteiger partial charge in [-0.1, -0.05) is 17.4 Å². The van der Waals surface area contributed by atoms with Crippen molar-refractivity contribution in [3.63, 3.8) is 0 Å². The molecule has 0 fully saturated rings. The number of hydrogen-bond donors (Lipinski definition) is 0. The molecule has 2 rings (SSSR count). The minimum absolute atomic E-state index is 0.0983. The first-order valence-corrected chi connectivity index (χ1v) is 4.44. The molecule has 2 nitrogen and oxygen atoms in total. The van der Waals surface area contributed by atoms with Crippen molar-refractivity contribution in [2.24, 2.45) is 0 Å². The second kappa shape index (κ2) is 2.68. The van der Waals surface area contributed by atoms with Gasteiger partial charge in [0.25, 0.3) is 0 Å². The van der Waals surface area contributed by atoms with Crippen molar-refractivity contribution < 1.29 is 0 Å². The predicted molar refractivity (Wildman–Crippen MR) is 50.6 cm³/mol. The summed E-state index contributed by atoms with van der Waals surface area (Å²) in [5, 5.41) is 1.04. The molecule has 0 amide bonds. The highest BCUT2D eigenvalue weighted by Crippen LogP contribution is 2.12. The van der Waals surface area contributed by atoms with Crippen molar-refractivity contribution in [1.82, 2.24) is 4.98 Å². The van der Waals surface area contributed by atoms with E-state index in [0.29, 0.717) is 0 Å². The monoisotopic (exact) mass is 177 g/mol. The lowest BCUT2D eigenvalue weighted by Crippen LogP contribution is -1.97. The summed E-state index contributed by atoms with van der Waals surface area (Å²) >= 11 is 1.20. The van der Waals surface area contributed by atoms with E-state index in [1.807, 2.05) is 25.1 Å². The van der Waals surface area contributed by atoms with Gasteiger partial charge in [-0.05, 0) is 19.1 Å². The summed E-state index contributed by atoms with van der Waals surface area (Å²) in [5.41, 5.74) is 0.792. The molecule has 0 atom stereocenters. The lowest BCUT2D eigenvalue weighted by atomic mass is 10.3. The average molecular weight is 177 g/mol. The number of fused-ring (bicyclic) bond motifs is 1. The predicted octanol–water partition coefficient (Wildman–Crippen LogP) is 1.96. The molecular formula is C9H7NOS. The summed E-state index contributed by atoms with van der Waals surface area (Å²) in [6.07, 6.45) is 1.70. The fourth-order valence-electron chi connectivity index (χ4n) is 1.06. The third-order valence-corrected chi connectivity index (χ3v) is 2.73. The van der Waals surface area contributed by atoms with Crippen molar-refractivity contribution in [2.45, 2.75) is 6.92 Å².